The third-order valence-electron chi connectivity index (χ3n) is 6.60. The van der Waals surface area contributed by atoms with Gasteiger partial charge in [-0.05, 0) is 57.6 Å². The summed E-state index contributed by atoms with van der Waals surface area (Å²) in [5, 5.41) is 8.96. The third-order valence-corrected chi connectivity index (χ3v) is 7.47. The Morgan fingerprint density at radius 3 is 2.55 bits per heavy atom. The molecule has 0 aromatic carbocycles. The van der Waals surface area contributed by atoms with Crippen molar-refractivity contribution in [2.45, 2.75) is 45.8 Å². The second-order valence-corrected chi connectivity index (χ2v) is 10.3. The van der Waals surface area contributed by atoms with Gasteiger partial charge in [-0.3, -0.25) is 0 Å². The van der Waals surface area contributed by atoms with Gasteiger partial charge in [0.25, 0.3) is 0 Å². The maximum Gasteiger partial charge on any atom is 0.397 e. The quantitative estimate of drug-likeness (QED) is 0.566. The molecule has 33 heavy (non-hydrogen) atoms. The van der Waals surface area contributed by atoms with Crippen LogP contribution in [-0.4, -0.2) is 55.9 Å². The molecule has 3 atom stereocenters. The molecule has 0 radical (unpaired) electrons. The van der Waals surface area contributed by atoms with Crippen LogP contribution in [0.1, 0.15) is 32.5 Å². The summed E-state index contributed by atoms with van der Waals surface area (Å²) in [6.07, 6.45) is -0.417. The van der Waals surface area contributed by atoms with Crippen molar-refractivity contribution in [1.82, 2.24) is 24.0 Å². The summed E-state index contributed by atoms with van der Waals surface area (Å²) < 4.78 is 51.0. The van der Waals surface area contributed by atoms with E-state index in [9.17, 15) is 13.2 Å². The zero-order valence-electron chi connectivity index (χ0n) is 18.6. The van der Waals surface area contributed by atoms with Gasteiger partial charge in [-0.1, -0.05) is 0 Å². The molecule has 3 aromatic rings. The topological polar surface area (TPSA) is 80.5 Å². The molecule has 1 aliphatic heterocycles. The number of hydrogen-bond donors (Lipinski definition) is 1. The van der Waals surface area contributed by atoms with Crippen LogP contribution in [-0.2, 0) is 0 Å². The Morgan fingerprint density at radius 2 is 1.91 bits per heavy atom. The van der Waals surface area contributed by atoms with Gasteiger partial charge >= 0.3 is 6.18 Å². The number of piperidine rings is 1. The SMILES string of the molecule is Cc1nsc(N2C[C@H]3CC[C@@H](C2)C3Nc2nc3c(OCC(C)(C)C(F)(F)F)cccn3n2)n1. The van der Waals surface area contributed by atoms with Gasteiger partial charge in [0.1, 0.15) is 12.4 Å². The molecule has 8 nitrogen and oxygen atoms in total. The first-order chi connectivity index (χ1) is 15.6. The van der Waals surface area contributed by atoms with E-state index in [4.69, 9.17) is 4.74 Å². The van der Waals surface area contributed by atoms with Gasteiger partial charge in [-0.2, -0.15) is 22.5 Å². The van der Waals surface area contributed by atoms with Crippen molar-refractivity contribution in [3.05, 3.63) is 24.2 Å². The molecule has 4 heterocycles. The molecule has 1 N–H and O–H groups in total. The highest BCUT2D eigenvalue weighted by Gasteiger charge is 2.48. The average molecular weight is 482 g/mol. The lowest BCUT2D eigenvalue weighted by molar-refractivity contribution is -0.219. The van der Waals surface area contributed by atoms with Gasteiger partial charge in [0.05, 0.1) is 5.41 Å². The standard InChI is InChI=1S/C21H26F3N7OS/c1-12-25-19(33-29-12)30-9-13-6-7-14(10-30)16(13)26-18-27-17-15(5-4-8-31(17)28-18)32-11-20(2,3)21(22,23)24/h4-5,8,13-14,16H,6-7,9-11H2,1-3H3,(H,26,28)/t13-,14+,16?. The average Bonchev–Trinajstić information content (AvgIpc) is 3.41. The number of rotatable bonds is 6. The van der Waals surface area contributed by atoms with Gasteiger partial charge < -0.3 is 15.0 Å². The van der Waals surface area contributed by atoms with Crippen LogP contribution in [0.2, 0.25) is 0 Å². The molecule has 3 aromatic heterocycles. The smallest absolute Gasteiger partial charge is 0.397 e. The lowest BCUT2D eigenvalue weighted by Crippen LogP contribution is -2.48. The van der Waals surface area contributed by atoms with Crippen molar-refractivity contribution in [1.29, 1.82) is 0 Å². The molecule has 1 saturated carbocycles. The van der Waals surface area contributed by atoms with Crippen molar-refractivity contribution in [3.8, 4) is 5.75 Å². The van der Waals surface area contributed by atoms with E-state index in [1.807, 2.05) is 6.92 Å². The van der Waals surface area contributed by atoms with Crippen LogP contribution in [0, 0.1) is 24.2 Å². The van der Waals surface area contributed by atoms with E-state index in [0.717, 1.165) is 50.7 Å². The van der Waals surface area contributed by atoms with Crippen LogP contribution in [0.4, 0.5) is 24.3 Å². The number of halogens is 3. The van der Waals surface area contributed by atoms with Crippen molar-refractivity contribution in [2.75, 3.05) is 29.9 Å². The highest BCUT2D eigenvalue weighted by atomic mass is 32.1. The summed E-state index contributed by atoms with van der Waals surface area (Å²) >= 11 is 1.44. The van der Waals surface area contributed by atoms with Crippen LogP contribution >= 0.6 is 11.5 Å². The number of nitrogens with one attached hydrogen (secondary N) is 1. The van der Waals surface area contributed by atoms with Gasteiger partial charge in [-0.15, -0.1) is 5.10 Å². The number of aryl methyl sites for hydroxylation is 1. The molecular formula is C21H26F3N7OS. The summed E-state index contributed by atoms with van der Waals surface area (Å²) in [7, 11) is 0. The predicted octanol–water partition coefficient (Wildman–Crippen LogP) is 4.18. The van der Waals surface area contributed by atoms with Crippen LogP contribution in [0.3, 0.4) is 0 Å². The van der Waals surface area contributed by atoms with E-state index < -0.39 is 18.2 Å². The lowest BCUT2D eigenvalue weighted by Gasteiger charge is -2.37. The molecule has 2 aliphatic rings. The van der Waals surface area contributed by atoms with E-state index in [-0.39, 0.29) is 11.8 Å². The molecule has 0 spiro atoms. The summed E-state index contributed by atoms with van der Waals surface area (Å²) in [4.78, 5) is 11.4. The Hall–Kier alpha value is -2.63. The Balaban J connectivity index is 1.30. The van der Waals surface area contributed by atoms with Crippen LogP contribution in [0.15, 0.2) is 18.3 Å². The Kier molecular flexibility index (Phi) is 5.37. The number of alkyl halides is 3. The molecular weight excluding hydrogens is 455 g/mol. The molecule has 1 aliphatic carbocycles. The number of hydrogen-bond acceptors (Lipinski definition) is 8. The normalized spacial score (nSPS) is 23.3. The Labute approximate surface area is 193 Å². The minimum Gasteiger partial charge on any atom is -0.489 e. The van der Waals surface area contributed by atoms with Gasteiger partial charge in [-0.25, -0.2) is 9.50 Å². The predicted molar refractivity (Wildman–Crippen MR) is 119 cm³/mol. The summed E-state index contributed by atoms with van der Waals surface area (Å²) in [5.41, 5.74) is -1.58. The molecule has 0 amide bonds. The van der Waals surface area contributed by atoms with E-state index in [2.05, 4.69) is 29.7 Å². The maximum atomic E-state index is 13.2. The highest BCUT2D eigenvalue weighted by Crippen LogP contribution is 2.41. The van der Waals surface area contributed by atoms with Crippen molar-refractivity contribution < 1.29 is 17.9 Å². The summed E-state index contributed by atoms with van der Waals surface area (Å²) in [6, 6.07) is 3.54. The number of anilines is 2. The molecule has 178 valence electrons. The van der Waals surface area contributed by atoms with E-state index in [1.54, 1.807) is 22.8 Å². The lowest BCUT2D eigenvalue weighted by atomic mass is 9.92. The molecule has 2 fully saturated rings. The number of ether oxygens (including phenoxy) is 1. The van der Waals surface area contributed by atoms with E-state index in [0.29, 0.717) is 23.4 Å². The third kappa shape index (κ3) is 4.20. The van der Waals surface area contributed by atoms with Crippen molar-refractivity contribution >= 4 is 28.3 Å². The van der Waals surface area contributed by atoms with Gasteiger partial charge in [0, 0.05) is 36.9 Å². The molecule has 2 bridgehead atoms. The maximum absolute atomic E-state index is 13.2. The number of fused-ring (bicyclic) bond motifs is 3. The number of aromatic nitrogens is 5. The van der Waals surface area contributed by atoms with E-state index in [1.165, 1.54) is 11.5 Å². The van der Waals surface area contributed by atoms with Crippen LogP contribution in [0.5, 0.6) is 5.75 Å². The fraction of sp³-hybridized carbons (Fsp3) is 0.619. The minimum absolute atomic E-state index is 0.237. The van der Waals surface area contributed by atoms with Gasteiger partial charge in [0.15, 0.2) is 11.4 Å². The Bertz CT molecular complexity index is 1130. The zero-order chi connectivity index (χ0) is 23.4. The second kappa shape index (κ2) is 8.00. The molecule has 1 saturated heterocycles. The number of pyridine rings is 1. The number of nitrogens with zero attached hydrogens (tertiary/aromatic N) is 6. The first kappa shape index (κ1) is 22.2. The van der Waals surface area contributed by atoms with Gasteiger partial charge in [0.2, 0.25) is 11.1 Å². The first-order valence-electron chi connectivity index (χ1n) is 11.0. The molecule has 5 rings (SSSR count). The fourth-order valence-corrected chi connectivity index (χ4v) is 5.27. The molecule has 1 unspecified atom stereocenters. The van der Waals surface area contributed by atoms with Crippen LogP contribution in [0.25, 0.3) is 5.65 Å². The van der Waals surface area contributed by atoms with Crippen LogP contribution < -0.4 is 15.0 Å². The van der Waals surface area contributed by atoms with Crippen molar-refractivity contribution in [3.63, 3.8) is 0 Å². The largest absolute Gasteiger partial charge is 0.489 e. The van der Waals surface area contributed by atoms with Crippen molar-refractivity contribution in [2.24, 2.45) is 17.3 Å². The summed E-state index contributed by atoms with van der Waals surface area (Å²) in [6.45, 7) is 5.44. The highest BCUT2D eigenvalue weighted by molar-refractivity contribution is 7.09. The summed E-state index contributed by atoms with van der Waals surface area (Å²) in [5.74, 6) is 2.40. The Morgan fingerprint density at radius 1 is 1.18 bits per heavy atom. The second-order valence-electron chi connectivity index (χ2n) is 9.54. The fourth-order valence-electron chi connectivity index (χ4n) is 4.57. The van der Waals surface area contributed by atoms with E-state index >= 15 is 0 Å². The first-order valence-corrected chi connectivity index (χ1v) is 11.7. The minimum atomic E-state index is -4.36. The molecule has 12 heteroatoms. The zero-order valence-corrected chi connectivity index (χ0v) is 19.4. The monoisotopic (exact) mass is 481 g/mol.